The third-order valence-electron chi connectivity index (χ3n) is 5.92. The van der Waals surface area contributed by atoms with Crippen LogP contribution in [0, 0.1) is 4.77 Å². The fourth-order valence-corrected chi connectivity index (χ4v) is 4.73. The van der Waals surface area contributed by atoms with Crippen molar-refractivity contribution in [2.24, 2.45) is 0 Å². The summed E-state index contributed by atoms with van der Waals surface area (Å²) < 4.78 is 16.0. The number of nitrogens with zero attached hydrogens (tertiary/aromatic N) is 3. The summed E-state index contributed by atoms with van der Waals surface area (Å²) in [6, 6.07) is 16.6. The van der Waals surface area contributed by atoms with Gasteiger partial charge in [0.1, 0.15) is 17.5 Å². The first-order chi connectivity index (χ1) is 14.7. The molecule has 4 rings (SSSR count). The van der Waals surface area contributed by atoms with E-state index in [1.54, 1.807) is 14.2 Å². The molecular weight excluding hydrogens is 396 g/mol. The van der Waals surface area contributed by atoms with Gasteiger partial charge in [0, 0.05) is 24.9 Å². The third-order valence-corrected chi connectivity index (χ3v) is 6.35. The smallest absolute Gasteiger partial charge is 0.203 e. The molecule has 7 heteroatoms. The van der Waals surface area contributed by atoms with Crippen LogP contribution in [0.4, 0.5) is 0 Å². The van der Waals surface area contributed by atoms with Crippen molar-refractivity contribution in [2.75, 3.05) is 20.8 Å². The summed E-state index contributed by atoms with van der Waals surface area (Å²) in [5.41, 5.74) is 2.28. The molecule has 1 aliphatic heterocycles. The predicted molar refractivity (Wildman–Crippen MR) is 120 cm³/mol. The van der Waals surface area contributed by atoms with Gasteiger partial charge in [-0.3, -0.25) is 0 Å². The maximum atomic E-state index is 5.80. The van der Waals surface area contributed by atoms with Gasteiger partial charge in [0.25, 0.3) is 0 Å². The van der Waals surface area contributed by atoms with Crippen molar-refractivity contribution in [1.82, 2.24) is 14.3 Å². The van der Waals surface area contributed by atoms with Crippen molar-refractivity contribution in [3.8, 4) is 22.9 Å². The van der Waals surface area contributed by atoms with Crippen LogP contribution < -0.4 is 14.4 Å². The Kier molecular flexibility index (Phi) is 6.20. The van der Waals surface area contributed by atoms with Gasteiger partial charge < -0.3 is 18.9 Å². The van der Waals surface area contributed by atoms with E-state index >= 15 is 0 Å². The number of benzene rings is 2. The van der Waals surface area contributed by atoms with Crippen molar-refractivity contribution in [2.45, 2.75) is 39.0 Å². The van der Waals surface area contributed by atoms with Gasteiger partial charge in [0.05, 0.1) is 26.3 Å². The zero-order valence-corrected chi connectivity index (χ0v) is 18.6. The van der Waals surface area contributed by atoms with E-state index in [1.165, 1.54) is 10.5 Å². The summed E-state index contributed by atoms with van der Waals surface area (Å²) >= 11 is 5.80. The minimum atomic E-state index is 0.323. The average molecular weight is 426 g/mol. The highest BCUT2D eigenvalue weighted by Gasteiger charge is 2.33. The molecule has 2 heterocycles. The van der Waals surface area contributed by atoms with Crippen LogP contribution in [0.3, 0.4) is 0 Å². The molecule has 1 N–H and O–H groups in total. The van der Waals surface area contributed by atoms with Crippen molar-refractivity contribution in [3.05, 3.63) is 58.9 Å². The lowest BCUT2D eigenvalue weighted by Gasteiger charge is -2.23. The normalized spacial score (nSPS) is 18.5. The van der Waals surface area contributed by atoms with Crippen LogP contribution in [0.25, 0.3) is 11.4 Å². The molecule has 0 saturated carbocycles. The summed E-state index contributed by atoms with van der Waals surface area (Å²) in [5.74, 6) is 2.69. The quantitative estimate of drug-likeness (QED) is 0.589. The van der Waals surface area contributed by atoms with Gasteiger partial charge >= 0.3 is 0 Å². The van der Waals surface area contributed by atoms with Crippen molar-refractivity contribution in [3.63, 3.8) is 0 Å². The highest BCUT2D eigenvalue weighted by atomic mass is 32.1. The summed E-state index contributed by atoms with van der Waals surface area (Å²) in [5, 5.41) is 4.92. The highest BCUT2D eigenvalue weighted by molar-refractivity contribution is 7.71. The molecule has 1 aliphatic rings. The van der Waals surface area contributed by atoms with Crippen LogP contribution in [0.1, 0.15) is 31.4 Å². The lowest BCUT2D eigenvalue weighted by molar-refractivity contribution is -0.941. The summed E-state index contributed by atoms with van der Waals surface area (Å²) in [7, 11) is 3.43. The number of ether oxygens (including phenoxy) is 2. The number of hydrogen-bond donors (Lipinski definition) is 1. The highest BCUT2D eigenvalue weighted by Crippen LogP contribution is 2.31. The Balaban J connectivity index is 1.66. The second kappa shape index (κ2) is 9.02. The number of likely N-dealkylation sites (tertiary alicyclic amines) is 1. The summed E-state index contributed by atoms with van der Waals surface area (Å²) in [6.45, 7) is 4.72. The van der Waals surface area contributed by atoms with E-state index in [-0.39, 0.29) is 0 Å². The van der Waals surface area contributed by atoms with Crippen LogP contribution in [-0.2, 0) is 13.2 Å². The van der Waals surface area contributed by atoms with Crippen LogP contribution in [0.5, 0.6) is 11.5 Å². The van der Waals surface area contributed by atoms with E-state index in [9.17, 15) is 0 Å². The average Bonchev–Trinajstić information content (AvgIpc) is 3.38. The number of aromatic nitrogens is 3. The number of nitrogens with one attached hydrogen (secondary N) is 1. The first-order valence-electron chi connectivity index (χ1n) is 10.5. The molecule has 3 aromatic rings. The molecule has 2 atom stereocenters. The molecule has 6 nitrogen and oxygen atoms in total. The van der Waals surface area contributed by atoms with Gasteiger partial charge in [0.2, 0.25) is 4.77 Å². The van der Waals surface area contributed by atoms with E-state index in [2.05, 4.69) is 29.7 Å². The Morgan fingerprint density at radius 1 is 1.13 bits per heavy atom. The van der Waals surface area contributed by atoms with Crippen molar-refractivity contribution >= 4 is 12.2 Å². The number of hydrogen-bond acceptors (Lipinski definition) is 4. The molecule has 1 unspecified atom stereocenters. The van der Waals surface area contributed by atoms with Gasteiger partial charge in [-0.1, -0.05) is 30.3 Å². The molecule has 1 fully saturated rings. The molecule has 1 aromatic heterocycles. The van der Waals surface area contributed by atoms with Crippen LogP contribution >= 0.6 is 12.2 Å². The number of quaternary nitrogens is 1. The van der Waals surface area contributed by atoms with E-state index in [0.29, 0.717) is 6.04 Å². The molecular formula is C23H29N4O2S+. The Morgan fingerprint density at radius 3 is 2.63 bits per heavy atom. The standard InChI is InChI=1S/C23H28N4O2S/c1-4-26-22(17-9-6-5-7-10-17)24-27(23(26)30)16-25-14-8-11-20(25)19-15-18(28-2)12-13-21(19)29-3/h5-7,9-10,12-13,15,20H,4,8,11,14,16H2,1-3H3/p+1/t20-/m1/s1. The summed E-state index contributed by atoms with van der Waals surface area (Å²) in [6.07, 6.45) is 2.26. The Bertz CT molecular complexity index is 1060. The largest absolute Gasteiger partial charge is 0.497 e. The number of rotatable bonds is 7. The second-order valence-electron chi connectivity index (χ2n) is 7.59. The minimum absolute atomic E-state index is 0.323. The SMILES string of the molecule is CCn1c(-c2ccccc2)nn(C[NH+]2CCC[C@@H]2c2cc(OC)ccc2OC)c1=S. The molecule has 1 saturated heterocycles. The van der Waals surface area contributed by atoms with E-state index in [4.69, 9.17) is 26.8 Å². The Hall–Kier alpha value is -2.64. The lowest BCUT2D eigenvalue weighted by atomic mass is 10.0. The van der Waals surface area contributed by atoms with Crippen molar-refractivity contribution < 1.29 is 14.4 Å². The van der Waals surface area contributed by atoms with Gasteiger partial charge in [-0.2, -0.15) is 4.68 Å². The van der Waals surface area contributed by atoms with E-state index in [0.717, 1.165) is 60.3 Å². The molecule has 0 aliphatic carbocycles. The topological polar surface area (TPSA) is 45.7 Å². The zero-order valence-electron chi connectivity index (χ0n) is 17.8. The molecule has 0 bridgehead atoms. The van der Waals surface area contributed by atoms with Crippen molar-refractivity contribution in [1.29, 1.82) is 0 Å². The fourth-order valence-electron chi connectivity index (χ4n) is 4.41. The van der Waals surface area contributed by atoms with Gasteiger partial charge in [-0.15, -0.1) is 5.10 Å². The second-order valence-corrected chi connectivity index (χ2v) is 7.95. The monoisotopic (exact) mass is 425 g/mol. The fraction of sp³-hybridized carbons (Fsp3) is 0.391. The maximum Gasteiger partial charge on any atom is 0.203 e. The van der Waals surface area contributed by atoms with Crippen LogP contribution in [0.2, 0.25) is 0 Å². The predicted octanol–water partition coefficient (Wildman–Crippen LogP) is 3.50. The molecule has 2 aromatic carbocycles. The Labute approximate surface area is 182 Å². The minimum Gasteiger partial charge on any atom is -0.497 e. The van der Waals surface area contributed by atoms with Gasteiger partial charge in [-0.25, -0.2) is 0 Å². The Morgan fingerprint density at radius 2 is 1.93 bits per heavy atom. The maximum absolute atomic E-state index is 5.80. The van der Waals surface area contributed by atoms with E-state index < -0.39 is 0 Å². The molecule has 158 valence electrons. The molecule has 0 spiro atoms. The first-order valence-corrected chi connectivity index (χ1v) is 10.9. The summed E-state index contributed by atoms with van der Waals surface area (Å²) in [4.78, 5) is 1.44. The first kappa shape index (κ1) is 20.6. The van der Waals surface area contributed by atoms with Crippen LogP contribution in [-0.4, -0.2) is 35.1 Å². The van der Waals surface area contributed by atoms with E-state index in [1.807, 2.05) is 35.0 Å². The van der Waals surface area contributed by atoms with Gasteiger partial charge in [-0.05, 0) is 37.3 Å². The van der Waals surface area contributed by atoms with Crippen LogP contribution in [0.15, 0.2) is 48.5 Å². The van der Waals surface area contributed by atoms with Gasteiger partial charge in [0.15, 0.2) is 12.5 Å². The molecule has 30 heavy (non-hydrogen) atoms. The third kappa shape index (κ3) is 3.87. The zero-order chi connectivity index (χ0) is 21.1. The molecule has 0 amide bonds. The lowest BCUT2D eigenvalue weighted by Crippen LogP contribution is -3.09. The molecule has 0 radical (unpaired) electrons. The number of methoxy groups -OCH3 is 2.